The maximum absolute atomic E-state index is 12.4. The summed E-state index contributed by atoms with van der Waals surface area (Å²) in [4.78, 5) is 15.6. The van der Waals surface area contributed by atoms with E-state index in [1.165, 1.54) is 0 Å². The molecule has 0 aliphatic rings. The number of phenolic OH excluding ortho intramolecular Hbond substituents is 1. The summed E-state index contributed by atoms with van der Waals surface area (Å²) in [6.07, 6.45) is 1.38. The summed E-state index contributed by atoms with van der Waals surface area (Å²) in [6, 6.07) is 12.6. The van der Waals surface area contributed by atoms with Crippen LogP contribution in [0.3, 0.4) is 0 Å². The Hall–Kier alpha value is -2.46. The van der Waals surface area contributed by atoms with E-state index in [1.807, 2.05) is 24.3 Å². The van der Waals surface area contributed by atoms with E-state index in [4.69, 9.17) is 16.3 Å². The predicted molar refractivity (Wildman–Crippen MR) is 94.8 cm³/mol. The molecule has 0 radical (unpaired) electrons. The number of benzene rings is 2. The highest BCUT2D eigenvalue weighted by molar-refractivity contribution is 6.30. The minimum atomic E-state index is -0.379. The number of hydrogen-bond donors (Lipinski definition) is 2. The van der Waals surface area contributed by atoms with E-state index < -0.39 is 0 Å². The second-order valence-corrected chi connectivity index (χ2v) is 6.00. The number of hydrogen-bond acceptors (Lipinski definition) is 3. The summed E-state index contributed by atoms with van der Waals surface area (Å²) < 4.78 is 5.18. The Morgan fingerprint density at radius 1 is 1.21 bits per heavy atom. The van der Waals surface area contributed by atoms with E-state index >= 15 is 0 Å². The summed E-state index contributed by atoms with van der Waals surface area (Å²) in [5.74, 6) is -0.260. The number of ether oxygens (including phenoxy) is 1. The lowest BCUT2D eigenvalue weighted by atomic mass is 10.0. The Bertz CT molecular complexity index is 885. The van der Waals surface area contributed by atoms with Crippen molar-refractivity contribution in [1.29, 1.82) is 0 Å². The van der Waals surface area contributed by atoms with Crippen LogP contribution in [-0.4, -0.2) is 22.7 Å². The molecule has 0 fully saturated rings. The maximum Gasteiger partial charge on any atom is 0.340 e. The first kappa shape index (κ1) is 16.4. The zero-order valence-corrected chi connectivity index (χ0v) is 14.1. The molecule has 5 heteroatoms. The molecule has 0 spiro atoms. The molecule has 124 valence electrons. The van der Waals surface area contributed by atoms with Crippen molar-refractivity contribution in [3.05, 3.63) is 64.3 Å². The van der Waals surface area contributed by atoms with Crippen LogP contribution in [0, 0.1) is 0 Å². The standard InChI is InChI=1S/C19H18ClNO3/c1-2-24-19(23)18-15-11-14(22)7-9-16(15)21-17(18)8-6-12-4-3-5-13(20)10-12/h3-5,7,9-11,21-22H,2,6,8H2,1H3. The maximum atomic E-state index is 12.4. The number of halogens is 1. The van der Waals surface area contributed by atoms with Gasteiger partial charge in [-0.25, -0.2) is 4.79 Å². The van der Waals surface area contributed by atoms with E-state index in [0.29, 0.717) is 29.0 Å². The molecule has 0 aliphatic heterocycles. The SMILES string of the molecule is CCOC(=O)c1c(CCc2cccc(Cl)c2)[nH]c2ccc(O)cc12. The van der Waals surface area contributed by atoms with Gasteiger partial charge >= 0.3 is 5.97 Å². The molecule has 24 heavy (non-hydrogen) atoms. The molecule has 4 nitrogen and oxygen atoms in total. The molecule has 2 N–H and O–H groups in total. The molecular formula is C19H18ClNO3. The highest BCUT2D eigenvalue weighted by atomic mass is 35.5. The van der Waals surface area contributed by atoms with Crippen LogP contribution >= 0.6 is 11.6 Å². The number of rotatable bonds is 5. The molecule has 3 aromatic rings. The normalized spacial score (nSPS) is 10.9. The van der Waals surface area contributed by atoms with Crippen molar-refractivity contribution in [1.82, 2.24) is 4.98 Å². The molecule has 1 aromatic heterocycles. The van der Waals surface area contributed by atoms with Gasteiger partial charge in [0.1, 0.15) is 5.75 Å². The first-order valence-corrected chi connectivity index (χ1v) is 8.21. The number of carbonyl (C=O) groups excluding carboxylic acids is 1. The number of esters is 1. The van der Waals surface area contributed by atoms with Gasteiger partial charge in [0, 0.05) is 21.6 Å². The fourth-order valence-electron chi connectivity index (χ4n) is 2.82. The van der Waals surface area contributed by atoms with Gasteiger partial charge in [-0.05, 0) is 55.7 Å². The number of carbonyl (C=O) groups is 1. The number of H-pyrrole nitrogens is 1. The van der Waals surface area contributed by atoms with Gasteiger partial charge in [0.25, 0.3) is 0 Å². The first-order chi connectivity index (χ1) is 11.6. The fourth-order valence-corrected chi connectivity index (χ4v) is 3.03. The van der Waals surface area contributed by atoms with Crippen LogP contribution in [0.2, 0.25) is 5.02 Å². The van der Waals surface area contributed by atoms with Crippen LogP contribution < -0.4 is 0 Å². The van der Waals surface area contributed by atoms with Gasteiger partial charge in [0.15, 0.2) is 0 Å². The van der Waals surface area contributed by atoms with E-state index in [-0.39, 0.29) is 11.7 Å². The lowest BCUT2D eigenvalue weighted by Crippen LogP contribution is -2.08. The summed E-state index contributed by atoms with van der Waals surface area (Å²) in [5.41, 5.74) is 3.19. The van der Waals surface area contributed by atoms with Crippen molar-refractivity contribution in [2.75, 3.05) is 6.61 Å². The highest BCUT2D eigenvalue weighted by Crippen LogP contribution is 2.28. The largest absolute Gasteiger partial charge is 0.508 e. The molecule has 0 saturated carbocycles. The molecular weight excluding hydrogens is 326 g/mol. The molecule has 0 aliphatic carbocycles. The average molecular weight is 344 g/mol. The number of aromatic nitrogens is 1. The Labute approximate surface area is 145 Å². The Morgan fingerprint density at radius 2 is 2.04 bits per heavy atom. The van der Waals surface area contributed by atoms with Crippen LogP contribution in [0.4, 0.5) is 0 Å². The van der Waals surface area contributed by atoms with Gasteiger partial charge in [-0.3, -0.25) is 0 Å². The fraction of sp³-hybridized carbons (Fsp3) is 0.211. The zero-order chi connectivity index (χ0) is 17.1. The van der Waals surface area contributed by atoms with Gasteiger partial charge in [-0.1, -0.05) is 23.7 Å². The third-order valence-electron chi connectivity index (χ3n) is 3.89. The van der Waals surface area contributed by atoms with Crippen LogP contribution in [-0.2, 0) is 17.6 Å². The van der Waals surface area contributed by atoms with Crippen molar-refractivity contribution < 1.29 is 14.6 Å². The zero-order valence-electron chi connectivity index (χ0n) is 13.3. The summed E-state index contributed by atoms with van der Waals surface area (Å²) in [6.45, 7) is 2.08. The Kier molecular flexibility index (Phi) is 4.76. The molecule has 1 heterocycles. The number of aryl methyl sites for hydroxylation is 2. The number of nitrogens with one attached hydrogen (secondary N) is 1. The topological polar surface area (TPSA) is 62.3 Å². The number of aromatic amines is 1. The quantitative estimate of drug-likeness (QED) is 0.671. The number of phenols is 1. The van der Waals surface area contributed by atoms with Crippen LogP contribution in [0.25, 0.3) is 10.9 Å². The van der Waals surface area contributed by atoms with Crippen LogP contribution in [0.1, 0.15) is 28.5 Å². The molecule has 0 unspecified atom stereocenters. The van der Waals surface area contributed by atoms with Crippen molar-refractivity contribution >= 4 is 28.5 Å². The number of aromatic hydroxyl groups is 1. The van der Waals surface area contributed by atoms with Gasteiger partial charge in [0.2, 0.25) is 0 Å². The van der Waals surface area contributed by atoms with Gasteiger partial charge in [0.05, 0.1) is 12.2 Å². The molecule has 0 saturated heterocycles. The number of fused-ring (bicyclic) bond motifs is 1. The summed E-state index contributed by atoms with van der Waals surface area (Å²) in [7, 11) is 0. The predicted octanol–water partition coefficient (Wildman–Crippen LogP) is 4.49. The van der Waals surface area contributed by atoms with Gasteiger partial charge < -0.3 is 14.8 Å². The van der Waals surface area contributed by atoms with Crippen molar-refractivity contribution in [2.45, 2.75) is 19.8 Å². The third-order valence-corrected chi connectivity index (χ3v) is 4.13. The lowest BCUT2D eigenvalue weighted by Gasteiger charge is -2.05. The first-order valence-electron chi connectivity index (χ1n) is 7.83. The van der Waals surface area contributed by atoms with E-state index in [2.05, 4.69) is 4.98 Å². The second kappa shape index (κ2) is 6.97. The third kappa shape index (κ3) is 3.39. The Balaban J connectivity index is 1.96. The van der Waals surface area contributed by atoms with E-state index in [9.17, 15) is 9.90 Å². The van der Waals surface area contributed by atoms with Crippen LogP contribution in [0.5, 0.6) is 5.75 Å². The highest BCUT2D eigenvalue weighted by Gasteiger charge is 2.19. The van der Waals surface area contributed by atoms with Crippen molar-refractivity contribution in [3.8, 4) is 5.75 Å². The van der Waals surface area contributed by atoms with Gasteiger partial charge in [-0.15, -0.1) is 0 Å². The van der Waals surface area contributed by atoms with Crippen LogP contribution in [0.15, 0.2) is 42.5 Å². The molecule has 0 atom stereocenters. The Morgan fingerprint density at radius 3 is 2.79 bits per heavy atom. The molecule has 3 rings (SSSR count). The summed E-state index contributed by atoms with van der Waals surface area (Å²) >= 11 is 6.02. The molecule has 2 aromatic carbocycles. The smallest absolute Gasteiger partial charge is 0.340 e. The van der Waals surface area contributed by atoms with E-state index in [1.54, 1.807) is 25.1 Å². The van der Waals surface area contributed by atoms with Crippen molar-refractivity contribution in [3.63, 3.8) is 0 Å². The monoisotopic (exact) mass is 343 g/mol. The minimum Gasteiger partial charge on any atom is -0.508 e. The van der Waals surface area contributed by atoms with E-state index in [0.717, 1.165) is 23.2 Å². The second-order valence-electron chi connectivity index (χ2n) is 5.56. The average Bonchev–Trinajstić information content (AvgIpc) is 2.91. The summed E-state index contributed by atoms with van der Waals surface area (Å²) in [5, 5.41) is 11.1. The molecule has 0 bridgehead atoms. The minimum absolute atomic E-state index is 0.119. The van der Waals surface area contributed by atoms with Gasteiger partial charge in [-0.2, -0.15) is 0 Å². The lowest BCUT2D eigenvalue weighted by molar-refractivity contribution is 0.0527. The molecule has 0 amide bonds. The van der Waals surface area contributed by atoms with Crippen molar-refractivity contribution in [2.24, 2.45) is 0 Å².